The topological polar surface area (TPSA) is 115 Å². The van der Waals surface area contributed by atoms with Crippen molar-refractivity contribution in [1.82, 2.24) is 25.4 Å². The Labute approximate surface area is 185 Å². The minimum absolute atomic E-state index is 0.0592. The van der Waals surface area contributed by atoms with Gasteiger partial charge in [-0.1, -0.05) is 18.2 Å². The van der Waals surface area contributed by atoms with Gasteiger partial charge in [0, 0.05) is 43.7 Å². The number of carboxylic acid groups (broad SMARTS) is 1. The SMILES string of the molecule is CN1CCN(Cc2cccc(-c3nc(CC(=O)NCC(=O)NCC(=O)O)cs3)c2)CC1. The average Bonchev–Trinajstić information content (AvgIpc) is 3.21. The van der Waals surface area contributed by atoms with E-state index in [0.29, 0.717) is 5.69 Å². The molecule has 166 valence electrons. The molecular weight excluding hydrogens is 418 g/mol. The molecule has 1 aliphatic heterocycles. The lowest BCUT2D eigenvalue weighted by Gasteiger charge is -2.32. The number of aromatic nitrogens is 1. The van der Waals surface area contributed by atoms with Crippen LogP contribution in [0.15, 0.2) is 29.6 Å². The number of nitrogens with zero attached hydrogens (tertiary/aromatic N) is 3. The van der Waals surface area contributed by atoms with Gasteiger partial charge in [-0.25, -0.2) is 4.98 Å². The van der Waals surface area contributed by atoms with E-state index in [0.717, 1.165) is 43.3 Å². The number of aliphatic carboxylic acids is 1. The second-order valence-corrected chi connectivity index (χ2v) is 8.41. The van der Waals surface area contributed by atoms with Gasteiger partial charge in [-0.05, 0) is 18.7 Å². The average molecular weight is 446 g/mol. The van der Waals surface area contributed by atoms with Crippen LogP contribution in [0.1, 0.15) is 11.3 Å². The number of hydrogen-bond donors (Lipinski definition) is 3. The van der Waals surface area contributed by atoms with Crippen LogP contribution in [-0.2, 0) is 27.3 Å². The molecule has 3 N–H and O–H groups in total. The van der Waals surface area contributed by atoms with Crippen LogP contribution in [0, 0.1) is 0 Å². The molecule has 0 spiro atoms. The molecule has 0 atom stereocenters. The van der Waals surface area contributed by atoms with Crippen molar-refractivity contribution in [2.45, 2.75) is 13.0 Å². The normalized spacial score (nSPS) is 14.9. The Morgan fingerprint density at radius 3 is 2.58 bits per heavy atom. The lowest BCUT2D eigenvalue weighted by molar-refractivity contribution is -0.137. The van der Waals surface area contributed by atoms with Crippen molar-refractivity contribution < 1.29 is 19.5 Å². The molecule has 1 aliphatic rings. The molecule has 1 saturated heterocycles. The Balaban J connectivity index is 1.51. The zero-order valence-corrected chi connectivity index (χ0v) is 18.3. The zero-order valence-electron chi connectivity index (χ0n) is 17.5. The van der Waals surface area contributed by atoms with Gasteiger partial charge in [-0.3, -0.25) is 19.3 Å². The van der Waals surface area contributed by atoms with Gasteiger partial charge in [0.2, 0.25) is 11.8 Å². The molecule has 31 heavy (non-hydrogen) atoms. The number of carboxylic acids is 1. The van der Waals surface area contributed by atoms with E-state index in [9.17, 15) is 14.4 Å². The number of likely N-dealkylation sites (N-methyl/N-ethyl adjacent to an activating group) is 1. The Morgan fingerprint density at radius 2 is 1.84 bits per heavy atom. The van der Waals surface area contributed by atoms with E-state index < -0.39 is 18.4 Å². The van der Waals surface area contributed by atoms with E-state index in [1.807, 2.05) is 17.5 Å². The number of carbonyl (C=O) groups excluding carboxylic acids is 2. The smallest absolute Gasteiger partial charge is 0.322 e. The molecule has 0 saturated carbocycles. The first kappa shape index (κ1) is 22.9. The van der Waals surface area contributed by atoms with E-state index in [1.54, 1.807) is 0 Å². The van der Waals surface area contributed by atoms with E-state index in [2.05, 4.69) is 44.6 Å². The summed E-state index contributed by atoms with van der Waals surface area (Å²) in [4.78, 5) is 43.3. The van der Waals surface area contributed by atoms with Gasteiger partial charge in [-0.15, -0.1) is 11.3 Å². The summed E-state index contributed by atoms with van der Waals surface area (Å²) in [5.74, 6) is -2.03. The number of amides is 2. The van der Waals surface area contributed by atoms with Crippen molar-refractivity contribution in [1.29, 1.82) is 0 Å². The van der Waals surface area contributed by atoms with Gasteiger partial charge in [0.25, 0.3) is 0 Å². The highest BCUT2D eigenvalue weighted by Gasteiger charge is 2.15. The van der Waals surface area contributed by atoms with Crippen molar-refractivity contribution in [3.63, 3.8) is 0 Å². The number of carbonyl (C=O) groups is 3. The van der Waals surface area contributed by atoms with Crippen molar-refractivity contribution in [2.24, 2.45) is 0 Å². The number of rotatable bonds is 9. The maximum atomic E-state index is 12.0. The predicted molar refractivity (Wildman–Crippen MR) is 118 cm³/mol. The molecular formula is C21H27N5O4S. The number of hydrogen-bond acceptors (Lipinski definition) is 7. The molecule has 1 aromatic heterocycles. The standard InChI is InChI=1S/C21H27N5O4S/c1-25-5-7-26(8-6-25)13-15-3-2-4-16(9-15)21-24-17(14-31-21)10-18(27)22-11-19(28)23-12-20(29)30/h2-4,9,14H,5-8,10-13H2,1H3,(H,22,27)(H,23,28)(H,29,30). The minimum Gasteiger partial charge on any atom is -0.480 e. The maximum absolute atomic E-state index is 12.0. The lowest BCUT2D eigenvalue weighted by Crippen LogP contribution is -2.43. The molecule has 1 fully saturated rings. The fraction of sp³-hybridized carbons (Fsp3) is 0.429. The second-order valence-electron chi connectivity index (χ2n) is 7.55. The van der Waals surface area contributed by atoms with Crippen LogP contribution in [-0.4, -0.2) is 84.0 Å². The first-order valence-electron chi connectivity index (χ1n) is 10.1. The third-order valence-electron chi connectivity index (χ3n) is 4.95. The summed E-state index contributed by atoms with van der Waals surface area (Å²) in [7, 11) is 2.15. The monoisotopic (exact) mass is 445 g/mol. The van der Waals surface area contributed by atoms with Crippen LogP contribution >= 0.6 is 11.3 Å². The Hall–Kier alpha value is -2.82. The fourth-order valence-corrected chi connectivity index (χ4v) is 4.05. The summed E-state index contributed by atoms with van der Waals surface area (Å²) in [6.07, 6.45) is 0.0592. The van der Waals surface area contributed by atoms with Crippen LogP contribution in [0.25, 0.3) is 10.6 Å². The summed E-state index contributed by atoms with van der Waals surface area (Å²) in [6, 6.07) is 8.32. The van der Waals surface area contributed by atoms with Crippen LogP contribution < -0.4 is 10.6 Å². The molecule has 3 rings (SSSR count). The molecule has 2 heterocycles. The van der Waals surface area contributed by atoms with E-state index in [1.165, 1.54) is 16.9 Å². The summed E-state index contributed by atoms with van der Waals surface area (Å²) in [6.45, 7) is 4.45. The minimum atomic E-state index is -1.14. The van der Waals surface area contributed by atoms with E-state index >= 15 is 0 Å². The largest absolute Gasteiger partial charge is 0.480 e. The quantitative estimate of drug-likeness (QED) is 0.512. The molecule has 9 nitrogen and oxygen atoms in total. The van der Waals surface area contributed by atoms with Gasteiger partial charge in [0.15, 0.2) is 0 Å². The highest BCUT2D eigenvalue weighted by molar-refractivity contribution is 7.13. The van der Waals surface area contributed by atoms with Crippen molar-refractivity contribution in [2.75, 3.05) is 46.3 Å². The van der Waals surface area contributed by atoms with Gasteiger partial charge in [0.1, 0.15) is 11.6 Å². The van der Waals surface area contributed by atoms with Gasteiger partial charge >= 0.3 is 5.97 Å². The van der Waals surface area contributed by atoms with Crippen LogP contribution in [0.3, 0.4) is 0 Å². The first-order chi connectivity index (χ1) is 14.9. The molecule has 10 heteroatoms. The summed E-state index contributed by atoms with van der Waals surface area (Å²) < 4.78 is 0. The summed E-state index contributed by atoms with van der Waals surface area (Å²) in [5, 5.41) is 15.9. The fourth-order valence-electron chi connectivity index (χ4n) is 3.23. The Bertz CT molecular complexity index is 924. The number of benzene rings is 1. The van der Waals surface area contributed by atoms with Crippen LogP contribution in [0.5, 0.6) is 0 Å². The van der Waals surface area contributed by atoms with Crippen molar-refractivity contribution in [3.05, 3.63) is 40.9 Å². The van der Waals surface area contributed by atoms with E-state index in [-0.39, 0.29) is 18.9 Å². The van der Waals surface area contributed by atoms with E-state index in [4.69, 9.17) is 5.11 Å². The Kier molecular flexibility index (Phi) is 8.10. The third-order valence-corrected chi connectivity index (χ3v) is 5.89. The molecule has 2 amide bonds. The first-order valence-corrected chi connectivity index (χ1v) is 11.0. The molecule has 2 aromatic rings. The molecule has 0 unspecified atom stereocenters. The highest BCUT2D eigenvalue weighted by Crippen LogP contribution is 2.25. The molecule has 0 bridgehead atoms. The lowest BCUT2D eigenvalue weighted by atomic mass is 10.1. The second kappa shape index (κ2) is 11.0. The van der Waals surface area contributed by atoms with Crippen molar-refractivity contribution >= 4 is 29.1 Å². The van der Waals surface area contributed by atoms with Gasteiger partial charge < -0.3 is 20.6 Å². The molecule has 1 aromatic carbocycles. The van der Waals surface area contributed by atoms with Crippen molar-refractivity contribution in [3.8, 4) is 10.6 Å². The summed E-state index contributed by atoms with van der Waals surface area (Å²) in [5.41, 5.74) is 2.90. The predicted octanol–water partition coefficient (Wildman–Crippen LogP) is 0.417. The number of piperazine rings is 1. The molecule has 0 aliphatic carbocycles. The summed E-state index contributed by atoms with van der Waals surface area (Å²) >= 11 is 1.48. The number of nitrogens with one attached hydrogen (secondary N) is 2. The highest BCUT2D eigenvalue weighted by atomic mass is 32.1. The number of thiazole rings is 1. The molecule has 0 radical (unpaired) electrons. The van der Waals surface area contributed by atoms with Gasteiger partial charge in [0.05, 0.1) is 18.7 Å². The third kappa shape index (κ3) is 7.42. The zero-order chi connectivity index (χ0) is 22.2. The van der Waals surface area contributed by atoms with Crippen LogP contribution in [0.4, 0.5) is 0 Å². The maximum Gasteiger partial charge on any atom is 0.322 e. The Morgan fingerprint density at radius 1 is 1.10 bits per heavy atom. The van der Waals surface area contributed by atoms with Gasteiger partial charge in [-0.2, -0.15) is 0 Å². The van der Waals surface area contributed by atoms with Crippen LogP contribution in [0.2, 0.25) is 0 Å².